The third-order valence-electron chi connectivity index (χ3n) is 4.50. The molecule has 0 aliphatic carbocycles. The molecule has 110 valence electrons. The van der Waals surface area contributed by atoms with Crippen LogP contribution in [0.1, 0.15) is 0 Å². The Morgan fingerprint density at radius 1 is 1.19 bits per heavy atom. The summed E-state index contributed by atoms with van der Waals surface area (Å²) in [5.41, 5.74) is 0.884. The van der Waals surface area contributed by atoms with E-state index in [0.717, 1.165) is 29.8 Å². The highest BCUT2D eigenvalue weighted by atomic mass is 35.5. The average molecular weight is 304 g/mol. The molecule has 3 aliphatic heterocycles. The summed E-state index contributed by atoms with van der Waals surface area (Å²) in [7, 11) is 0. The fraction of sp³-hybridized carbons (Fsp3) is 0.467. The Morgan fingerprint density at radius 2 is 2.05 bits per heavy atom. The van der Waals surface area contributed by atoms with E-state index >= 15 is 0 Å². The van der Waals surface area contributed by atoms with Crippen LogP contribution in [0.2, 0.25) is 5.02 Å². The molecule has 4 heterocycles. The lowest BCUT2D eigenvalue weighted by atomic mass is 10.1. The molecule has 3 aliphatic rings. The predicted octanol–water partition coefficient (Wildman–Crippen LogP) is 1.69. The molecule has 21 heavy (non-hydrogen) atoms. The topological polar surface area (TPSA) is 44.3 Å². The number of hydrogen-bond donors (Lipinski definition) is 1. The van der Waals surface area contributed by atoms with E-state index < -0.39 is 0 Å². The van der Waals surface area contributed by atoms with Crippen molar-refractivity contribution in [3.63, 3.8) is 0 Å². The first-order valence-corrected chi connectivity index (χ1v) is 7.78. The van der Waals surface area contributed by atoms with Crippen molar-refractivity contribution < 1.29 is 0 Å². The second kappa shape index (κ2) is 5.40. The number of piperazine rings is 3. The van der Waals surface area contributed by atoms with Gasteiger partial charge in [0.05, 0.1) is 5.52 Å². The van der Waals surface area contributed by atoms with Gasteiger partial charge in [-0.15, -0.1) is 0 Å². The molecule has 1 unspecified atom stereocenters. The van der Waals surface area contributed by atoms with Crippen molar-refractivity contribution in [1.82, 2.24) is 19.8 Å². The Hall–Kier alpha value is -1.43. The number of hydrogen-bond acceptors (Lipinski definition) is 5. The van der Waals surface area contributed by atoms with E-state index in [1.165, 1.54) is 26.2 Å². The first-order valence-electron chi connectivity index (χ1n) is 7.40. The molecule has 1 N–H and O–H groups in total. The molecule has 1 atom stereocenters. The van der Waals surface area contributed by atoms with Crippen molar-refractivity contribution >= 4 is 28.3 Å². The van der Waals surface area contributed by atoms with Crippen molar-refractivity contribution in [2.75, 3.05) is 44.6 Å². The van der Waals surface area contributed by atoms with Crippen LogP contribution in [0.5, 0.6) is 0 Å². The van der Waals surface area contributed by atoms with Crippen LogP contribution in [-0.4, -0.2) is 65.1 Å². The van der Waals surface area contributed by atoms with E-state index in [2.05, 4.69) is 25.1 Å². The van der Waals surface area contributed by atoms with Crippen LogP contribution in [0.3, 0.4) is 0 Å². The summed E-state index contributed by atoms with van der Waals surface area (Å²) < 4.78 is 0. The number of nitrogens with zero attached hydrogens (tertiary/aromatic N) is 4. The highest BCUT2D eigenvalue weighted by Gasteiger charge is 2.31. The zero-order chi connectivity index (χ0) is 14.2. The molecule has 2 aromatic rings. The monoisotopic (exact) mass is 303 g/mol. The largest absolute Gasteiger partial charge is 0.368 e. The normalized spacial score (nSPS) is 28.0. The molecular weight excluding hydrogens is 286 g/mol. The summed E-state index contributed by atoms with van der Waals surface area (Å²) in [4.78, 5) is 13.8. The van der Waals surface area contributed by atoms with E-state index in [0.29, 0.717) is 11.1 Å². The average Bonchev–Trinajstić information content (AvgIpc) is 2.53. The van der Waals surface area contributed by atoms with Gasteiger partial charge in [-0.3, -0.25) is 9.80 Å². The second-order valence-corrected chi connectivity index (χ2v) is 6.19. The quantitative estimate of drug-likeness (QED) is 0.935. The summed E-state index contributed by atoms with van der Waals surface area (Å²) in [6.45, 7) is 6.88. The third-order valence-corrected chi connectivity index (χ3v) is 4.73. The number of rotatable bonds is 3. The maximum atomic E-state index is 6.02. The number of fused-ring (bicyclic) bond motifs is 4. The van der Waals surface area contributed by atoms with Gasteiger partial charge in [0.2, 0.25) is 0 Å². The van der Waals surface area contributed by atoms with Gasteiger partial charge >= 0.3 is 0 Å². The van der Waals surface area contributed by atoms with E-state index in [9.17, 15) is 0 Å². The summed E-state index contributed by atoms with van der Waals surface area (Å²) >= 11 is 6.02. The lowest BCUT2D eigenvalue weighted by Crippen LogP contribution is -2.62. The van der Waals surface area contributed by atoms with Crippen LogP contribution in [0, 0.1) is 0 Å². The number of halogens is 1. The smallest absolute Gasteiger partial charge is 0.137 e. The predicted molar refractivity (Wildman–Crippen MR) is 84.8 cm³/mol. The fourth-order valence-electron chi connectivity index (χ4n) is 3.30. The molecule has 2 bridgehead atoms. The molecule has 3 fully saturated rings. The minimum Gasteiger partial charge on any atom is -0.368 e. The van der Waals surface area contributed by atoms with E-state index in [4.69, 9.17) is 11.6 Å². The van der Waals surface area contributed by atoms with Crippen molar-refractivity contribution in [3.05, 3.63) is 29.5 Å². The van der Waals surface area contributed by atoms with Crippen LogP contribution in [0.15, 0.2) is 24.5 Å². The standard InChI is InChI=1S/C15H18ClN5/c16-11-1-2-13-14(7-11)18-10-19-15(13)17-8-12-9-20-3-5-21(12)6-4-20/h1-2,7,10,12H,3-6,8-9H2,(H,17,18,19). The Balaban J connectivity index is 1.52. The van der Waals surface area contributed by atoms with Crippen LogP contribution in [0.4, 0.5) is 5.82 Å². The van der Waals surface area contributed by atoms with Gasteiger partial charge in [-0.2, -0.15) is 0 Å². The summed E-state index contributed by atoms with van der Waals surface area (Å²) in [6.07, 6.45) is 1.60. The molecule has 6 heteroatoms. The van der Waals surface area contributed by atoms with Crippen LogP contribution >= 0.6 is 11.6 Å². The van der Waals surface area contributed by atoms with Gasteiger partial charge < -0.3 is 5.32 Å². The van der Waals surface area contributed by atoms with Gasteiger partial charge in [-0.05, 0) is 18.2 Å². The van der Waals surface area contributed by atoms with Crippen molar-refractivity contribution in [2.24, 2.45) is 0 Å². The highest BCUT2D eigenvalue weighted by molar-refractivity contribution is 6.31. The first kappa shape index (κ1) is 13.2. The molecule has 3 saturated heterocycles. The first-order chi connectivity index (χ1) is 10.3. The van der Waals surface area contributed by atoms with Gasteiger partial charge in [-0.1, -0.05) is 11.6 Å². The summed E-state index contributed by atoms with van der Waals surface area (Å²) in [5, 5.41) is 5.23. The molecule has 0 radical (unpaired) electrons. The molecule has 1 aromatic carbocycles. The Morgan fingerprint density at radius 3 is 2.81 bits per heavy atom. The van der Waals surface area contributed by atoms with E-state index in [1.54, 1.807) is 6.33 Å². The fourth-order valence-corrected chi connectivity index (χ4v) is 3.47. The van der Waals surface area contributed by atoms with Gasteiger partial charge in [-0.25, -0.2) is 9.97 Å². The van der Waals surface area contributed by atoms with Crippen molar-refractivity contribution in [2.45, 2.75) is 6.04 Å². The van der Waals surface area contributed by atoms with Gasteiger partial charge in [0, 0.05) is 55.7 Å². The summed E-state index contributed by atoms with van der Waals surface area (Å²) in [5.74, 6) is 0.898. The number of benzene rings is 1. The molecule has 5 rings (SSSR count). The summed E-state index contributed by atoms with van der Waals surface area (Å²) in [6, 6.07) is 6.32. The minimum atomic E-state index is 0.574. The van der Waals surface area contributed by atoms with Crippen molar-refractivity contribution in [1.29, 1.82) is 0 Å². The Kier molecular flexibility index (Phi) is 3.41. The van der Waals surface area contributed by atoms with Crippen LogP contribution in [0.25, 0.3) is 10.9 Å². The van der Waals surface area contributed by atoms with Gasteiger partial charge in [0.25, 0.3) is 0 Å². The van der Waals surface area contributed by atoms with Crippen LogP contribution < -0.4 is 5.32 Å². The van der Waals surface area contributed by atoms with Crippen LogP contribution in [-0.2, 0) is 0 Å². The molecule has 5 nitrogen and oxygen atoms in total. The SMILES string of the molecule is Clc1ccc2c(NCC3CN4CCN3CC4)ncnc2c1. The van der Waals surface area contributed by atoms with Crippen molar-refractivity contribution in [3.8, 4) is 0 Å². The molecule has 0 spiro atoms. The molecule has 1 aromatic heterocycles. The maximum Gasteiger partial charge on any atom is 0.137 e. The number of nitrogens with one attached hydrogen (secondary N) is 1. The minimum absolute atomic E-state index is 0.574. The lowest BCUT2D eigenvalue weighted by Gasteiger charge is -2.47. The number of aromatic nitrogens is 2. The molecule has 0 saturated carbocycles. The van der Waals surface area contributed by atoms with E-state index in [-0.39, 0.29) is 0 Å². The zero-order valence-electron chi connectivity index (χ0n) is 11.8. The second-order valence-electron chi connectivity index (χ2n) is 5.76. The maximum absolute atomic E-state index is 6.02. The zero-order valence-corrected chi connectivity index (χ0v) is 12.6. The number of anilines is 1. The Bertz CT molecular complexity index is 654. The molecular formula is C15H18ClN5. The van der Waals surface area contributed by atoms with E-state index in [1.807, 2.05) is 18.2 Å². The lowest BCUT2D eigenvalue weighted by molar-refractivity contribution is 0.0189. The molecule has 0 amide bonds. The van der Waals surface area contributed by atoms with Gasteiger partial charge in [0.15, 0.2) is 0 Å². The highest BCUT2D eigenvalue weighted by Crippen LogP contribution is 2.23. The Labute approximate surface area is 128 Å². The van der Waals surface area contributed by atoms with Gasteiger partial charge in [0.1, 0.15) is 12.1 Å². The third kappa shape index (κ3) is 2.57.